The average molecular weight is 556 g/mol. The summed E-state index contributed by atoms with van der Waals surface area (Å²) in [6.07, 6.45) is 4.14. The number of hydrogen-bond acceptors (Lipinski definition) is 6. The lowest BCUT2D eigenvalue weighted by atomic mass is 9.87. The van der Waals surface area contributed by atoms with Gasteiger partial charge < -0.3 is 25.4 Å². The van der Waals surface area contributed by atoms with Crippen LogP contribution in [0.25, 0.3) is 0 Å². The fourth-order valence-electron chi connectivity index (χ4n) is 4.51. The molecule has 2 unspecified atom stereocenters. The zero-order valence-electron chi connectivity index (χ0n) is 23.7. The third-order valence-electron chi connectivity index (χ3n) is 6.79. The van der Waals surface area contributed by atoms with E-state index in [9.17, 15) is 19.5 Å². The number of aryl methyl sites for hydroxylation is 2. The molecule has 9 heteroatoms. The van der Waals surface area contributed by atoms with Gasteiger partial charge in [-0.15, -0.1) is 0 Å². The zero-order chi connectivity index (χ0) is 28.7. The molecule has 3 rings (SSSR count). The van der Waals surface area contributed by atoms with Gasteiger partial charge in [-0.2, -0.15) is 11.8 Å². The number of carbonyl (C=O) groups is 3. The van der Waals surface area contributed by atoms with E-state index in [2.05, 4.69) is 10.6 Å². The second kappa shape index (κ2) is 13.2. The number of rotatable bonds is 10. The molecule has 1 saturated carbocycles. The molecule has 1 fully saturated rings. The van der Waals surface area contributed by atoms with Gasteiger partial charge in [0.15, 0.2) is 0 Å². The van der Waals surface area contributed by atoms with Crippen LogP contribution in [0.15, 0.2) is 42.5 Å². The number of phenols is 1. The fraction of sp³-hybridized carbons (Fsp3) is 0.500. The van der Waals surface area contributed by atoms with Crippen molar-refractivity contribution in [2.75, 3.05) is 17.3 Å². The molecule has 0 bridgehead atoms. The predicted octanol–water partition coefficient (Wildman–Crippen LogP) is 5.72. The largest absolute Gasteiger partial charge is 0.508 e. The lowest BCUT2D eigenvalue weighted by Gasteiger charge is -2.43. The molecule has 212 valence electrons. The molecule has 0 aliphatic heterocycles. The van der Waals surface area contributed by atoms with Crippen molar-refractivity contribution in [3.8, 4) is 5.75 Å². The summed E-state index contributed by atoms with van der Waals surface area (Å²) < 4.78 is 5.46. The Balaban J connectivity index is 2.04. The minimum absolute atomic E-state index is 0.114. The fourth-order valence-corrected chi connectivity index (χ4v) is 4.98. The van der Waals surface area contributed by atoms with Gasteiger partial charge in [0.05, 0.1) is 0 Å². The third-order valence-corrected chi connectivity index (χ3v) is 7.43. The van der Waals surface area contributed by atoms with Crippen molar-refractivity contribution in [3.63, 3.8) is 0 Å². The first-order valence-electron chi connectivity index (χ1n) is 13.4. The smallest absolute Gasteiger partial charge is 0.408 e. The van der Waals surface area contributed by atoms with Crippen LogP contribution >= 0.6 is 11.8 Å². The Morgan fingerprint density at radius 3 is 2.36 bits per heavy atom. The highest BCUT2D eigenvalue weighted by atomic mass is 32.2. The monoisotopic (exact) mass is 555 g/mol. The molecule has 1 aliphatic carbocycles. The molecule has 3 amide bonds. The molecule has 3 N–H and O–H groups in total. The van der Waals surface area contributed by atoms with Crippen LogP contribution in [0.5, 0.6) is 5.75 Å². The topological polar surface area (TPSA) is 108 Å². The van der Waals surface area contributed by atoms with Gasteiger partial charge in [-0.25, -0.2) is 4.79 Å². The minimum Gasteiger partial charge on any atom is -0.508 e. The van der Waals surface area contributed by atoms with Crippen LogP contribution in [0.1, 0.15) is 69.2 Å². The quantitative estimate of drug-likeness (QED) is 0.346. The number of alkyl carbamates (subject to hydrolysis) is 1. The maximum absolute atomic E-state index is 14.3. The highest BCUT2D eigenvalue weighted by molar-refractivity contribution is 7.98. The van der Waals surface area contributed by atoms with Crippen molar-refractivity contribution >= 4 is 35.4 Å². The van der Waals surface area contributed by atoms with Crippen molar-refractivity contribution in [2.24, 2.45) is 0 Å². The van der Waals surface area contributed by atoms with Gasteiger partial charge >= 0.3 is 6.09 Å². The number of para-hydroxylation sites is 1. The number of carbonyl (C=O) groups excluding carboxylic acids is 3. The second-order valence-corrected chi connectivity index (χ2v) is 12.0. The number of nitrogens with one attached hydrogen (secondary N) is 2. The Kier molecular flexibility index (Phi) is 10.3. The van der Waals surface area contributed by atoms with Gasteiger partial charge in [0.1, 0.15) is 23.4 Å². The summed E-state index contributed by atoms with van der Waals surface area (Å²) in [7, 11) is 0. The Morgan fingerprint density at radius 2 is 1.79 bits per heavy atom. The van der Waals surface area contributed by atoms with E-state index in [1.54, 1.807) is 62.6 Å². The Hall–Kier alpha value is -3.20. The molecule has 0 heterocycles. The second-order valence-electron chi connectivity index (χ2n) is 11.1. The van der Waals surface area contributed by atoms with Gasteiger partial charge in [-0.1, -0.05) is 24.3 Å². The summed E-state index contributed by atoms with van der Waals surface area (Å²) in [4.78, 5) is 42.7. The van der Waals surface area contributed by atoms with Crippen LogP contribution < -0.4 is 10.6 Å². The van der Waals surface area contributed by atoms with E-state index < -0.39 is 23.8 Å². The van der Waals surface area contributed by atoms with Gasteiger partial charge in [0, 0.05) is 11.7 Å². The summed E-state index contributed by atoms with van der Waals surface area (Å²) >= 11 is 1.58. The summed E-state index contributed by atoms with van der Waals surface area (Å²) in [6.45, 7) is 8.98. The van der Waals surface area contributed by atoms with Crippen LogP contribution in [-0.2, 0) is 14.3 Å². The Bertz CT molecular complexity index is 1180. The van der Waals surface area contributed by atoms with Crippen molar-refractivity contribution in [2.45, 2.75) is 84.0 Å². The number of benzene rings is 2. The van der Waals surface area contributed by atoms with Crippen LogP contribution in [0, 0.1) is 13.8 Å². The first-order valence-corrected chi connectivity index (χ1v) is 14.8. The molecule has 8 nitrogen and oxygen atoms in total. The Morgan fingerprint density at radius 1 is 1.10 bits per heavy atom. The normalized spacial score (nSPS) is 15.0. The number of hydrogen-bond donors (Lipinski definition) is 3. The van der Waals surface area contributed by atoms with Crippen LogP contribution in [0.4, 0.5) is 10.5 Å². The number of thioether (sulfide) groups is 1. The molecule has 2 atom stereocenters. The van der Waals surface area contributed by atoms with E-state index in [-0.39, 0.29) is 23.6 Å². The Labute approximate surface area is 235 Å². The van der Waals surface area contributed by atoms with E-state index in [1.807, 2.05) is 37.4 Å². The van der Waals surface area contributed by atoms with Crippen molar-refractivity contribution < 1.29 is 24.2 Å². The number of anilines is 1. The highest BCUT2D eigenvalue weighted by Gasteiger charge is 2.42. The molecular formula is C30H41N3O5S. The highest BCUT2D eigenvalue weighted by Crippen LogP contribution is 2.36. The summed E-state index contributed by atoms with van der Waals surface area (Å²) in [5.41, 5.74) is 2.04. The first kappa shape index (κ1) is 30.3. The molecule has 0 spiro atoms. The van der Waals surface area contributed by atoms with Crippen LogP contribution in [0.2, 0.25) is 0 Å². The molecule has 1 aliphatic rings. The van der Waals surface area contributed by atoms with Crippen LogP contribution in [0.3, 0.4) is 0 Å². The van der Waals surface area contributed by atoms with E-state index in [0.717, 1.165) is 24.8 Å². The number of phenolic OH excluding ortho intramolecular Hbond substituents is 1. The number of amides is 3. The van der Waals surface area contributed by atoms with Gasteiger partial charge in [0.25, 0.3) is 5.91 Å². The van der Waals surface area contributed by atoms with Crippen molar-refractivity contribution in [1.29, 1.82) is 0 Å². The summed E-state index contributed by atoms with van der Waals surface area (Å²) in [5.74, 6) is 0.0805. The molecule has 0 saturated heterocycles. The maximum Gasteiger partial charge on any atom is 0.408 e. The zero-order valence-corrected chi connectivity index (χ0v) is 24.6. The lowest BCUT2D eigenvalue weighted by molar-refractivity contribution is -0.145. The van der Waals surface area contributed by atoms with E-state index in [0.29, 0.717) is 29.0 Å². The van der Waals surface area contributed by atoms with E-state index in [4.69, 9.17) is 4.74 Å². The van der Waals surface area contributed by atoms with Crippen molar-refractivity contribution in [1.82, 2.24) is 10.2 Å². The molecule has 2 aromatic carbocycles. The molecule has 2 aromatic rings. The van der Waals surface area contributed by atoms with Gasteiger partial charge in [0.2, 0.25) is 5.91 Å². The van der Waals surface area contributed by atoms with Gasteiger partial charge in [-0.3, -0.25) is 9.59 Å². The van der Waals surface area contributed by atoms with Crippen LogP contribution in [-0.4, -0.2) is 57.6 Å². The third kappa shape index (κ3) is 8.14. The number of ether oxygens (including phenoxy) is 1. The molecular weight excluding hydrogens is 514 g/mol. The van der Waals surface area contributed by atoms with Crippen molar-refractivity contribution in [3.05, 3.63) is 59.2 Å². The van der Waals surface area contributed by atoms with E-state index >= 15 is 0 Å². The van der Waals surface area contributed by atoms with E-state index in [1.165, 1.54) is 0 Å². The number of nitrogens with zero attached hydrogens (tertiary/aromatic N) is 1. The lowest BCUT2D eigenvalue weighted by Crippen LogP contribution is -2.57. The maximum atomic E-state index is 14.3. The average Bonchev–Trinajstić information content (AvgIpc) is 2.82. The molecule has 39 heavy (non-hydrogen) atoms. The molecule has 0 aromatic heterocycles. The number of aromatic hydroxyl groups is 1. The van der Waals surface area contributed by atoms with Gasteiger partial charge in [-0.05, 0) is 107 Å². The predicted molar refractivity (Wildman–Crippen MR) is 156 cm³/mol. The first-order chi connectivity index (χ1) is 18.4. The standard InChI is InChI=1S/C30H41N3O5S/c1-19-10-7-8-13-23(19)31-27(35)26(21-14-15-25(34)20(2)18-21)33(22-11-9-12-22)28(36)24(16-17-39-6)32-29(37)38-30(3,4)5/h7-8,10,13-15,18,22,24,26,34H,9,11-12,16-17H2,1-6H3,(H,31,35)(H,32,37). The summed E-state index contributed by atoms with van der Waals surface area (Å²) in [5, 5.41) is 16.0. The molecule has 0 radical (unpaired) electrons. The minimum atomic E-state index is -0.959. The SMILES string of the molecule is CSCCC(NC(=O)OC(C)(C)C)C(=O)N(C1CCC1)C(C(=O)Nc1ccccc1C)c1ccc(O)c(C)c1. The summed E-state index contributed by atoms with van der Waals surface area (Å²) in [6, 6.07) is 10.5.